The van der Waals surface area contributed by atoms with Crippen molar-refractivity contribution < 1.29 is 28.6 Å². The van der Waals surface area contributed by atoms with E-state index in [-0.39, 0.29) is 18.3 Å². The van der Waals surface area contributed by atoms with E-state index in [1.807, 2.05) is 0 Å². The Labute approximate surface area is 165 Å². The molecule has 2 heterocycles. The van der Waals surface area contributed by atoms with Crippen molar-refractivity contribution in [2.24, 2.45) is 0 Å². The molecular formula is C20H19NO6S. The third-order valence-corrected chi connectivity index (χ3v) is 4.90. The molecule has 0 unspecified atom stereocenters. The Morgan fingerprint density at radius 2 is 1.93 bits per heavy atom. The molecule has 0 fully saturated rings. The van der Waals surface area contributed by atoms with Crippen LogP contribution in [0.2, 0.25) is 0 Å². The molecule has 0 saturated carbocycles. The third kappa shape index (κ3) is 5.43. The van der Waals surface area contributed by atoms with E-state index >= 15 is 0 Å². The molecule has 1 aromatic heterocycles. The van der Waals surface area contributed by atoms with Gasteiger partial charge in [0.25, 0.3) is 0 Å². The Bertz CT molecular complexity index is 917. The van der Waals surface area contributed by atoms with Crippen LogP contribution in [-0.2, 0) is 20.9 Å². The zero-order valence-corrected chi connectivity index (χ0v) is 16.0. The van der Waals surface area contributed by atoms with Crippen LogP contribution in [0.1, 0.15) is 27.0 Å². The van der Waals surface area contributed by atoms with Crippen LogP contribution in [0.25, 0.3) is 6.08 Å². The molecule has 28 heavy (non-hydrogen) atoms. The third-order valence-electron chi connectivity index (χ3n) is 3.77. The van der Waals surface area contributed by atoms with Crippen LogP contribution in [0, 0.1) is 0 Å². The average Bonchev–Trinajstić information content (AvgIpc) is 3.18. The van der Waals surface area contributed by atoms with E-state index in [0.717, 1.165) is 10.4 Å². The number of Topliss-reactive ketones (excluding diaryl/α,β-unsaturated/α-hetero) is 1. The lowest BCUT2D eigenvalue weighted by molar-refractivity contribution is -0.136. The Kier molecular flexibility index (Phi) is 6.44. The summed E-state index contributed by atoms with van der Waals surface area (Å²) in [7, 11) is 0. The summed E-state index contributed by atoms with van der Waals surface area (Å²) in [6, 6.07) is 8.76. The van der Waals surface area contributed by atoms with Crippen LogP contribution in [0.5, 0.6) is 11.5 Å². The van der Waals surface area contributed by atoms with Gasteiger partial charge < -0.3 is 19.5 Å². The number of benzene rings is 1. The molecule has 146 valence electrons. The van der Waals surface area contributed by atoms with Crippen molar-refractivity contribution >= 4 is 35.1 Å². The van der Waals surface area contributed by atoms with E-state index in [1.165, 1.54) is 24.3 Å². The van der Waals surface area contributed by atoms with Gasteiger partial charge in [0.2, 0.25) is 11.7 Å². The van der Waals surface area contributed by atoms with Gasteiger partial charge in [0.1, 0.15) is 13.2 Å². The predicted molar refractivity (Wildman–Crippen MR) is 104 cm³/mol. The minimum Gasteiger partial charge on any atom is -0.486 e. The van der Waals surface area contributed by atoms with E-state index in [9.17, 15) is 14.4 Å². The number of amides is 1. The smallest absolute Gasteiger partial charge is 0.331 e. The first-order chi connectivity index (χ1) is 13.5. The summed E-state index contributed by atoms with van der Waals surface area (Å²) in [5, 5.41) is 2.66. The molecule has 1 aromatic carbocycles. The standard InChI is InChI=1S/C20H19NO6S/c1-13(22)21-11-15-4-6-19(28-15)16(23)12-27-20(24)7-3-14-2-5-17-18(10-14)26-9-8-25-17/h2-7,10H,8-9,11-12H2,1H3,(H,21,22)/b7-3+. The Hall–Kier alpha value is -3.13. The molecular weight excluding hydrogens is 382 g/mol. The molecule has 0 spiro atoms. The molecule has 3 rings (SSSR count). The predicted octanol–water partition coefficient (Wildman–Crippen LogP) is 2.59. The van der Waals surface area contributed by atoms with Crippen LogP contribution < -0.4 is 14.8 Å². The number of esters is 1. The summed E-state index contributed by atoms with van der Waals surface area (Å²) in [4.78, 5) is 36.2. The molecule has 8 heteroatoms. The van der Waals surface area contributed by atoms with Gasteiger partial charge in [-0.2, -0.15) is 0 Å². The Morgan fingerprint density at radius 3 is 2.71 bits per heavy atom. The number of hydrogen-bond acceptors (Lipinski definition) is 7. The summed E-state index contributed by atoms with van der Waals surface area (Å²) in [5.41, 5.74) is 0.758. The first-order valence-electron chi connectivity index (χ1n) is 8.62. The van der Waals surface area contributed by atoms with E-state index < -0.39 is 5.97 Å². The number of ether oxygens (including phenoxy) is 3. The highest BCUT2D eigenvalue weighted by Gasteiger charge is 2.13. The van der Waals surface area contributed by atoms with Crippen molar-refractivity contribution in [3.63, 3.8) is 0 Å². The van der Waals surface area contributed by atoms with Crippen LogP contribution in [0.4, 0.5) is 0 Å². The van der Waals surface area contributed by atoms with Gasteiger partial charge in [-0.05, 0) is 35.9 Å². The maximum atomic E-state index is 12.1. The van der Waals surface area contributed by atoms with E-state index in [0.29, 0.717) is 36.1 Å². The van der Waals surface area contributed by atoms with Crippen molar-refractivity contribution in [1.82, 2.24) is 5.32 Å². The van der Waals surface area contributed by atoms with Crippen LogP contribution in [-0.4, -0.2) is 37.5 Å². The van der Waals surface area contributed by atoms with Gasteiger partial charge >= 0.3 is 5.97 Å². The molecule has 7 nitrogen and oxygen atoms in total. The van der Waals surface area contributed by atoms with E-state index in [1.54, 1.807) is 36.4 Å². The quantitative estimate of drug-likeness (QED) is 0.436. The number of ketones is 1. The molecule has 1 N–H and O–H groups in total. The SMILES string of the molecule is CC(=O)NCc1ccc(C(=O)COC(=O)/C=C/c2ccc3c(c2)OCCO3)s1. The number of hydrogen-bond donors (Lipinski definition) is 1. The summed E-state index contributed by atoms with van der Waals surface area (Å²) in [5.74, 6) is 0.258. The molecule has 1 aliphatic heterocycles. The van der Waals surface area contributed by atoms with Crippen LogP contribution in [0.3, 0.4) is 0 Å². The molecule has 1 amide bonds. The Morgan fingerprint density at radius 1 is 1.14 bits per heavy atom. The first kappa shape index (κ1) is 19.6. The first-order valence-corrected chi connectivity index (χ1v) is 9.44. The number of fused-ring (bicyclic) bond motifs is 1. The van der Waals surface area contributed by atoms with Gasteiger partial charge in [-0.25, -0.2) is 4.79 Å². The van der Waals surface area contributed by atoms with Gasteiger partial charge in [-0.15, -0.1) is 11.3 Å². The number of nitrogens with one attached hydrogen (secondary N) is 1. The minimum atomic E-state index is -0.613. The molecule has 0 atom stereocenters. The van der Waals surface area contributed by atoms with Crippen molar-refractivity contribution in [3.8, 4) is 11.5 Å². The van der Waals surface area contributed by atoms with Gasteiger partial charge in [0, 0.05) is 17.9 Å². The second-order valence-corrected chi connectivity index (χ2v) is 7.11. The highest BCUT2D eigenvalue weighted by Crippen LogP contribution is 2.31. The van der Waals surface area contributed by atoms with Crippen molar-refractivity contribution in [3.05, 3.63) is 51.7 Å². The maximum absolute atomic E-state index is 12.1. The normalized spacial score (nSPS) is 12.6. The second kappa shape index (κ2) is 9.18. The lowest BCUT2D eigenvalue weighted by Gasteiger charge is -2.18. The average molecular weight is 401 g/mol. The van der Waals surface area contributed by atoms with Crippen molar-refractivity contribution in [1.29, 1.82) is 0 Å². The van der Waals surface area contributed by atoms with E-state index in [2.05, 4.69) is 5.32 Å². The highest BCUT2D eigenvalue weighted by atomic mass is 32.1. The molecule has 0 radical (unpaired) electrons. The molecule has 2 aromatic rings. The number of carbonyl (C=O) groups is 3. The summed E-state index contributed by atoms with van der Waals surface area (Å²) in [6.07, 6.45) is 2.84. The van der Waals surface area contributed by atoms with Crippen LogP contribution >= 0.6 is 11.3 Å². The lowest BCUT2D eigenvalue weighted by atomic mass is 10.2. The molecule has 0 bridgehead atoms. The second-order valence-electron chi connectivity index (χ2n) is 5.94. The maximum Gasteiger partial charge on any atom is 0.331 e. The zero-order chi connectivity index (χ0) is 19.9. The summed E-state index contributed by atoms with van der Waals surface area (Å²) in [6.45, 7) is 2.45. The van der Waals surface area contributed by atoms with Gasteiger partial charge in [0.05, 0.1) is 11.4 Å². The monoisotopic (exact) mass is 401 g/mol. The lowest BCUT2D eigenvalue weighted by Crippen LogP contribution is -2.18. The van der Waals surface area contributed by atoms with Gasteiger partial charge in [-0.3, -0.25) is 9.59 Å². The largest absolute Gasteiger partial charge is 0.486 e. The molecule has 1 aliphatic rings. The van der Waals surface area contributed by atoms with E-state index in [4.69, 9.17) is 14.2 Å². The van der Waals surface area contributed by atoms with Gasteiger partial charge in [-0.1, -0.05) is 6.07 Å². The zero-order valence-electron chi connectivity index (χ0n) is 15.2. The topological polar surface area (TPSA) is 90.9 Å². The molecule has 0 aliphatic carbocycles. The van der Waals surface area contributed by atoms with Crippen molar-refractivity contribution in [2.45, 2.75) is 13.5 Å². The molecule has 0 saturated heterocycles. The summed E-state index contributed by atoms with van der Waals surface area (Å²) >= 11 is 1.26. The van der Waals surface area contributed by atoms with Crippen LogP contribution in [0.15, 0.2) is 36.4 Å². The summed E-state index contributed by atoms with van der Waals surface area (Å²) < 4.78 is 15.9. The fourth-order valence-corrected chi connectivity index (χ4v) is 3.29. The Balaban J connectivity index is 1.49. The number of carbonyl (C=O) groups excluding carboxylic acids is 3. The van der Waals surface area contributed by atoms with Crippen molar-refractivity contribution in [2.75, 3.05) is 19.8 Å². The highest BCUT2D eigenvalue weighted by molar-refractivity contribution is 7.14. The minimum absolute atomic E-state index is 0.139. The number of rotatable bonds is 7. The fraction of sp³-hybridized carbons (Fsp3) is 0.250. The fourth-order valence-electron chi connectivity index (χ4n) is 2.42. The number of thiophene rings is 1. The van der Waals surface area contributed by atoms with Gasteiger partial charge in [0.15, 0.2) is 18.1 Å².